The largest absolute Gasteiger partial charge is 0.348 e. The first-order valence-corrected chi connectivity index (χ1v) is 8.76. The maximum absolute atomic E-state index is 12.4. The number of nitrogens with zero attached hydrogens (tertiary/aromatic N) is 1. The highest BCUT2D eigenvalue weighted by Crippen LogP contribution is 2.17. The molecule has 1 heterocycles. The first-order chi connectivity index (χ1) is 13.0. The molecule has 0 atom stereocenters. The van der Waals surface area contributed by atoms with Crippen LogP contribution in [0.5, 0.6) is 0 Å². The summed E-state index contributed by atoms with van der Waals surface area (Å²) >= 11 is 5.86. The van der Waals surface area contributed by atoms with E-state index in [0.717, 1.165) is 11.3 Å². The molecule has 0 aliphatic carbocycles. The van der Waals surface area contributed by atoms with Gasteiger partial charge in [0.25, 0.3) is 5.91 Å². The van der Waals surface area contributed by atoms with Crippen molar-refractivity contribution in [3.05, 3.63) is 88.6 Å². The van der Waals surface area contributed by atoms with Crippen LogP contribution in [0.3, 0.4) is 0 Å². The van der Waals surface area contributed by atoms with Gasteiger partial charge in [0.05, 0.1) is 0 Å². The Bertz CT molecular complexity index is 954. The van der Waals surface area contributed by atoms with E-state index < -0.39 is 0 Å². The van der Waals surface area contributed by atoms with Gasteiger partial charge in [-0.05, 0) is 61.0 Å². The summed E-state index contributed by atoms with van der Waals surface area (Å²) in [4.78, 5) is 27.9. The van der Waals surface area contributed by atoms with E-state index in [-0.39, 0.29) is 11.7 Å². The van der Waals surface area contributed by atoms with Crippen LogP contribution in [-0.4, -0.2) is 16.7 Å². The zero-order valence-electron chi connectivity index (χ0n) is 14.7. The number of Topliss-reactive ketones (excluding diaryl/α,β-unsaturated/α-hetero) is 1. The van der Waals surface area contributed by atoms with Crippen molar-refractivity contribution < 1.29 is 9.59 Å². The topological polar surface area (TPSA) is 71.1 Å². The number of aromatic nitrogens is 1. The van der Waals surface area contributed by atoms with E-state index in [1.54, 1.807) is 54.7 Å². The Morgan fingerprint density at radius 1 is 0.963 bits per heavy atom. The van der Waals surface area contributed by atoms with Crippen molar-refractivity contribution in [1.29, 1.82) is 0 Å². The lowest BCUT2D eigenvalue weighted by Crippen LogP contribution is -2.22. The molecule has 5 nitrogen and oxygen atoms in total. The van der Waals surface area contributed by atoms with Gasteiger partial charge in [-0.1, -0.05) is 23.7 Å². The van der Waals surface area contributed by atoms with Gasteiger partial charge in [-0.2, -0.15) is 0 Å². The molecule has 0 aliphatic heterocycles. The van der Waals surface area contributed by atoms with Crippen molar-refractivity contribution in [3.8, 4) is 0 Å². The molecular weight excluding hydrogens is 362 g/mol. The quantitative estimate of drug-likeness (QED) is 0.613. The molecule has 1 amide bonds. The van der Waals surface area contributed by atoms with Crippen molar-refractivity contribution in [2.24, 2.45) is 0 Å². The lowest BCUT2D eigenvalue weighted by molar-refractivity contribution is 0.0950. The summed E-state index contributed by atoms with van der Waals surface area (Å²) in [5.41, 5.74) is 2.89. The van der Waals surface area contributed by atoms with Crippen LogP contribution in [0.2, 0.25) is 5.02 Å². The maximum Gasteiger partial charge on any atom is 0.251 e. The summed E-state index contributed by atoms with van der Waals surface area (Å²) in [6, 6.07) is 17.7. The molecule has 6 heteroatoms. The molecule has 1 aromatic heterocycles. The second kappa shape index (κ2) is 8.47. The van der Waals surface area contributed by atoms with Gasteiger partial charge in [0, 0.05) is 34.6 Å². The number of anilines is 2. The van der Waals surface area contributed by atoms with Gasteiger partial charge < -0.3 is 10.6 Å². The fourth-order valence-electron chi connectivity index (χ4n) is 2.46. The molecule has 0 fully saturated rings. The summed E-state index contributed by atoms with van der Waals surface area (Å²) in [5, 5.41) is 6.66. The average molecular weight is 380 g/mol. The maximum atomic E-state index is 12.4. The Labute approximate surface area is 162 Å². The number of ketones is 1. The highest BCUT2D eigenvalue weighted by Gasteiger charge is 2.07. The number of nitrogens with one attached hydrogen (secondary N) is 2. The Hall–Kier alpha value is -3.18. The van der Waals surface area contributed by atoms with Crippen LogP contribution in [0.15, 0.2) is 66.9 Å². The number of pyridine rings is 1. The van der Waals surface area contributed by atoms with Crippen LogP contribution < -0.4 is 10.6 Å². The van der Waals surface area contributed by atoms with Crippen LogP contribution >= 0.6 is 11.6 Å². The van der Waals surface area contributed by atoms with Crippen LogP contribution in [-0.2, 0) is 6.54 Å². The van der Waals surface area contributed by atoms with Crippen molar-refractivity contribution in [3.63, 3.8) is 0 Å². The number of carbonyl (C=O) groups is 2. The Kier molecular flexibility index (Phi) is 5.84. The van der Waals surface area contributed by atoms with Crippen LogP contribution in [0.4, 0.5) is 11.5 Å². The van der Waals surface area contributed by atoms with Gasteiger partial charge in [-0.3, -0.25) is 9.59 Å². The number of carbonyl (C=O) groups excluding carboxylic acids is 2. The minimum Gasteiger partial charge on any atom is -0.348 e. The summed E-state index contributed by atoms with van der Waals surface area (Å²) in [6.45, 7) is 1.93. The molecule has 0 radical (unpaired) electrons. The van der Waals surface area contributed by atoms with Crippen LogP contribution in [0.1, 0.15) is 33.2 Å². The minimum atomic E-state index is -0.192. The molecule has 0 bridgehead atoms. The van der Waals surface area contributed by atoms with E-state index in [2.05, 4.69) is 15.6 Å². The number of halogens is 1. The van der Waals surface area contributed by atoms with Crippen LogP contribution in [0, 0.1) is 0 Å². The van der Waals surface area contributed by atoms with E-state index in [1.165, 1.54) is 6.92 Å². The molecule has 0 unspecified atom stereocenters. The third-order valence-corrected chi connectivity index (χ3v) is 4.20. The fraction of sp³-hybridized carbons (Fsp3) is 0.0952. The third-order valence-electron chi connectivity index (χ3n) is 3.95. The normalized spacial score (nSPS) is 10.3. The number of benzene rings is 2. The van der Waals surface area contributed by atoms with Gasteiger partial charge in [-0.25, -0.2) is 4.98 Å². The first-order valence-electron chi connectivity index (χ1n) is 8.38. The summed E-state index contributed by atoms with van der Waals surface area (Å²) in [6.07, 6.45) is 1.57. The highest BCUT2D eigenvalue weighted by molar-refractivity contribution is 6.30. The van der Waals surface area contributed by atoms with Crippen molar-refractivity contribution in [1.82, 2.24) is 10.3 Å². The molecular formula is C21H18ClN3O2. The van der Waals surface area contributed by atoms with Crippen molar-refractivity contribution in [2.75, 3.05) is 5.32 Å². The summed E-state index contributed by atoms with van der Waals surface area (Å²) in [5.74, 6) is 0.367. The number of hydrogen-bond acceptors (Lipinski definition) is 4. The van der Waals surface area contributed by atoms with E-state index in [1.807, 2.05) is 12.1 Å². The SMILES string of the molecule is CC(=O)c1ccc(Nc2cc(C(=O)NCc3ccc(Cl)cc3)ccn2)cc1. The van der Waals surface area contributed by atoms with E-state index in [0.29, 0.717) is 28.5 Å². The Morgan fingerprint density at radius 2 is 1.67 bits per heavy atom. The summed E-state index contributed by atoms with van der Waals surface area (Å²) in [7, 11) is 0. The highest BCUT2D eigenvalue weighted by atomic mass is 35.5. The molecule has 2 aromatic carbocycles. The number of hydrogen-bond donors (Lipinski definition) is 2. The van der Waals surface area contributed by atoms with Gasteiger partial charge in [0.2, 0.25) is 0 Å². The predicted molar refractivity (Wildman–Crippen MR) is 107 cm³/mol. The zero-order chi connectivity index (χ0) is 19.2. The smallest absolute Gasteiger partial charge is 0.251 e. The van der Waals surface area contributed by atoms with Crippen LogP contribution in [0.25, 0.3) is 0 Å². The van der Waals surface area contributed by atoms with Gasteiger partial charge in [-0.15, -0.1) is 0 Å². The molecule has 2 N–H and O–H groups in total. The molecule has 136 valence electrons. The van der Waals surface area contributed by atoms with E-state index in [4.69, 9.17) is 11.6 Å². The molecule has 0 saturated carbocycles. The number of rotatable bonds is 6. The molecule has 3 aromatic rings. The molecule has 0 saturated heterocycles. The average Bonchev–Trinajstić information content (AvgIpc) is 2.68. The van der Waals surface area contributed by atoms with Crippen molar-refractivity contribution in [2.45, 2.75) is 13.5 Å². The fourth-order valence-corrected chi connectivity index (χ4v) is 2.59. The zero-order valence-corrected chi connectivity index (χ0v) is 15.5. The third kappa shape index (κ3) is 5.15. The van der Waals surface area contributed by atoms with Gasteiger partial charge in [0.1, 0.15) is 5.82 Å². The Balaban J connectivity index is 1.64. The predicted octanol–water partition coefficient (Wildman–Crippen LogP) is 4.61. The lowest BCUT2D eigenvalue weighted by atomic mass is 10.1. The first kappa shape index (κ1) is 18.6. The molecule has 0 spiro atoms. The van der Waals surface area contributed by atoms with Gasteiger partial charge in [0.15, 0.2) is 5.78 Å². The minimum absolute atomic E-state index is 0.0130. The Morgan fingerprint density at radius 3 is 2.33 bits per heavy atom. The second-order valence-electron chi connectivity index (χ2n) is 6.00. The molecule has 0 aliphatic rings. The monoisotopic (exact) mass is 379 g/mol. The summed E-state index contributed by atoms with van der Waals surface area (Å²) < 4.78 is 0. The van der Waals surface area contributed by atoms with Gasteiger partial charge >= 0.3 is 0 Å². The second-order valence-corrected chi connectivity index (χ2v) is 6.43. The lowest BCUT2D eigenvalue weighted by Gasteiger charge is -2.09. The van der Waals surface area contributed by atoms with E-state index >= 15 is 0 Å². The van der Waals surface area contributed by atoms with E-state index in [9.17, 15) is 9.59 Å². The standard InChI is InChI=1S/C21H18ClN3O2/c1-14(26)16-4-8-19(9-5-16)25-20-12-17(10-11-23-20)21(27)24-13-15-2-6-18(22)7-3-15/h2-12H,13H2,1H3,(H,23,25)(H,24,27). The molecule has 3 rings (SSSR count). The number of amides is 1. The van der Waals surface area contributed by atoms with Crippen molar-refractivity contribution >= 4 is 34.8 Å². The molecule has 27 heavy (non-hydrogen) atoms.